The lowest BCUT2D eigenvalue weighted by molar-refractivity contribution is 0.305. The molecule has 2 aromatic heterocycles. The van der Waals surface area contributed by atoms with Crippen LogP contribution in [-0.2, 0) is 0 Å². The third kappa shape index (κ3) is 1.98. The lowest BCUT2D eigenvalue weighted by Gasteiger charge is -2.04. The Hall–Kier alpha value is -1.84. The number of aromatic nitrogens is 2. The molecule has 4 heteroatoms. The Bertz CT molecular complexity index is 519. The first kappa shape index (κ1) is 9.71. The van der Waals surface area contributed by atoms with Crippen LogP contribution in [-0.4, -0.2) is 16.0 Å². The van der Waals surface area contributed by atoms with E-state index in [-0.39, 0.29) is 5.56 Å². The van der Waals surface area contributed by atoms with Gasteiger partial charge in [-0.2, -0.15) is 4.98 Å². The zero-order valence-electron chi connectivity index (χ0n) is 8.51. The molecular formula is C11H12N2O2. The van der Waals surface area contributed by atoms with Gasteiger partial charge in [-0.1, -0.05) is 13.0 Å². The van der Waals surface area contributed by atoms with Gasteiger partial charge in [0.2, 0.25) is 5.88 Å². The van der Waals surface area contributed by atoms with E-state index in [0.717, 1.165) is 6.42 Å². The zero-order chi connectivity index (χ0) is 10.7. The maximum absolute atomic E-state index is 11.6. The number of fused-ring (bicyclic) bond motifs is 1. The fraction of sp³-hybridized carbons (Fsp3) is 0.273. The summed E-state index contributed by atoms with van der Waals surface area (Å²) in [5, 5.41) is 0. The van der Waals surface area contributed by atoms with Crippen molar-refractivity contribution >= 4 is 5.65 Å². The smallest absolute Gasteiger partial charge is 0.261 e. The molecule has 0 bridgehead atoms. The molecule has 0 spiro atoms. The van der Waals surface area contributed by atoms with E-state index >= 15 is 0 Å². The van der Waals surface area contributed by atoms with E-state index in [1.165, 1.54) is 10.5 Å². The van der Waals surface area contributed by atoms with E-state index in [0.29, 0.717) is 18.1 Å². The molecule has 0 saturated heterocycles. The minimum atomic E-state index is -0.119. The number of nitrogens with zero attached hydrogens (tertiary/aromatic N) is 2. The van der Waals surface area contributed by atoms with Gasteiger partial charge in [0, 0.05) is 6.20 Å². The van der Waals surface area contributed by atoms with Gasteiger partial charge in [-0.25, -0.2) is 0 Å². The molecule has 0 aliphatic carbocycles. The van der Waals surface area contributed by atoms with Crippen LogP contribution in [0.25, 0.3) is 5.65 Å². The molecule has 0 fully saturated rings. The summed E-state index contributed by atoms with van der Waals surface area (Å²) in [7, 11) is 0. The number of hydrogen-bond acceptors (Lipinski definition) is 3. The predicted octanol–water partition coefficient (Wildman–Crippen LogP) is 1.48. The van der Waals surface area contributed by atoms with Crippen molar-refractivity contribution in [3.8, 4) is 5.88 Å². The van der Waals surface area contributed by atoms with E-state index < -0.39 is 0 Å². The fourth-order valence-corrected chi connectivity index (χ4v) is 1.31. The van der Waals surface area contributed by atoms with Crippen LogP contribution >= 0.6 is 0 Å². The Balaban J connectivity index is 2.48. The molecule has 0 aliphatic heterocycles. The van der Waals surface area contributed by atoms with Crippen molar-refractivity contribution in [2.75, 3.05) is 6.61 Å². The molecule has 2 heterocycles. The molecule has 78 valence electrons. The van der Waals surface area contributed by atoms with Gasteiger partial charge in [-0.05, 0) is 18.6 Å². The summed E-state index contributed by atoms with van der Waals surface area (Å²) >= 11 is 0. The van der Waals surface area contributed by atoms with Crippen molar-refractivity contribution in [1.29, 1.82) is 0 Å². The van der Waals surface area contributed by atoms with E-state index in [9.17, 15) is 4.79 Å². The van der Waals surface area contributed by atoms with Crippen molar-refractivity contribution in [2.45, 2.75) is 13.3 Å². The highest BCUT2D eigenvalue weighted by Gasteiger charge is 2.01. The largest absolute Gasteiger partial charge is 0.477 e. The average molecular weight is 204 g/mol. The SMILES string of the molecule is CCCOc1cc(=O)n2ccccc2n1. The lowest BCUT2D eigenvalue weighted by Crippen LogP contribution is -2.14. The van der Waals surface area contributed by atoms with Crippen LogP contribution in [0, 0.1) is 0 Å². The molecule has 0 unspecified atom stereocenters. The van der Waals surface area contributed by atoms with Gasteiger partial charge in [0.15, 0.2) is 0 Å². The molecule has 15 heavy (non-hydrogen) atoms. The van der Waals surface area contributed by atoms with Crippen molar-refractivity contribution < 1.29 is 4.74 Å². The van der Waals surface area contributed by atoms with Crippen LogP contribution in [0.15, 0.2) is 35.3 Å². The number of hydrogen-bond donors (Lipinski definition) is 0. The second-order valence-electron chi connectivity index (χ2n) is 3.21. The Morgan fingerprint density at radius 2 is 2.33 bits per heavy atom. The number of pyridine rings is 1. The summed E-state index contributed by atoms with van der Waals surface area (Å²) in [5.41, 5.74) is 0.489. The fourth-order valence-electron chi connectivity index (χ4n) is 1.31. The van der Waals surface area contributed by atoms with Gasteiger partial charge in [-0.15, -0.1) is 0 Å². The second kappa shape index (κ2) is 4.13. The van der Waals surface area contributed by atoms with Gasteiger partial charge >= 0.3 is 0 Å². The van der Waals surface area contributed by atoms with Crippen LogP contribution in [0.1, 0.15) is 13.3 Å². The molecule has 4 nitrogen and oxygen atoms in total. The van der Waals surface area contributed by atoms with Gasteiger partial charge in [-0.3, -0.25) is 9.20 Å². The Morgan fingerprint density at radius 3 is 3.13 bits per heavy atom. The highest BCUT2D eigenvalue weighted by Crippen LogP contribution is 2.05. The van der Waals surface area contributed by atoms with Gasteiger partial charge < -0.3 is 4.74 Å². The molecule has 2 aromatic rings. The van der Waals surface area contributed by atoms with Gasteiger partial charge in [0.25, 0.3) is 5.56 Å². The molecular weight excluding hydrogens is 192 g/mol. The summed E-state index contributed by atoms with van der Waals surface area (Å²) in [5.74, 6) is 0.396. The third-order valence-electron chi connectivity index (χ3n) is 2.00. The van der Waals surface area contributed by atoms with Crippen molar-refractivity contribution in [2.24, 2.45) is 0 Å². The Labute approximate surface area is 87.1 Å². The van der Waals surface area contributed by atoms with Crippen LogP contribution < -0.4 is 10.3 Å². The molecule has 0 amide bonds. The molecule has 0 atom stereocenters. The zero-order valence-corrected chi connectivity index (χ0v) is 8.51. The highest BCUT2D eigenvalue weighted by molar-refractivity contribution is 5.39. The van der Waals surface area contributed by atoms with E-state index in [2.05, 4.69) is 4.98 Å². The number of ether oxygens (including phenoxy) is 1. The summed E-state index contributed by atoms with van der Waals surface area (Å²) in [6.07, 6.45) is 2.59. The minimum absolute atomic E-state index is 0.119. The Kier molecular flexibility index (Phi) is 2.67. The Morgan fingerprint density at radius 1 is 1.47 bits per heavy atom. The maximum Gasteiger partial charge on any atom is 0.261 e. The molecule has 2 rings (SSSR count). The first-order chi connectivity index (χ1) is 7.31. The third-order valence-corrected chi connectivity index (χ3v) is 2.00. The first-order valence-electron chi connectivity index (χ1n) is 4.92. The van der Waals surface area contributed by atoms with Crippen molar-refractivity contribution in [3.05, 3.63) is 40.8 Å². The first-order valence-corrected chi connectivity index (χ1v) is 4.92. The highest BCUT2D eigenvalue weighted by atomic mass is 16.5. The van der Waals surface area contributed by atoms with Crippen molar-refractivity contribution in [1.82, 2.24) is 9.38 Å². The van der Waals surface area contributed by atoms with Gasteiger partial charge in [0.05, 0.1) is 12.7 Å². The summed E-state index contributed by atoms with van der Waals surface area (Å²) in [6.45, 7) is 2.59. The normalized spacial score (nSPS) is 10.5. The minimum Gasteiger partial charge on any atom is -0.477 e. The average Bonchev–Trinajstić information content (AvgIpc) is 2.26. The second-order valence-corrected chi connectivity index (χ2v) is 3.21. The summed E-state index contributed by atoms with van der Waals surface area (Å²) < 4.78 is 6.80. The molecule has 0 aromatic carbocycles. The van der Waals surface area contributed by atoms with E-state index in [1.807, 2.05) is 13.0 Å². The quantitative estimate of drug-likeness (QED) is 0.760. The predicted molar refractivity (Wildman–Crippen MR) is 57.2 cm³/mol. The van der Waals surface area contributed by atoms with Crippen LogP contribution in [0.2, 0.25) is 0 Å². The topological polar surface area (TPSA) is 43.6 Å². The van der Waals surface area contributed by atoms with Crippen LogP contribution in [0.3, 0.4) is 0 Å². The monoisotopic (exact) mass is 204 g/mol. The standard InChI is InChI=1S/C11H12N2O2/c1-2-7-15-10-8-11(14)13-6-4-3-5-9(13)12-10/h3-6,8H,2,7H2,1H3. The molecule has 0 N–H and O–H groups in total. The summed E-state index contributed by atoms with van der Waals surface area (Å²) in [6, 6.07) is 6.82. The molecule has 0 radical (unpaired) electrons. The van der Waals surface area contributed by atoms with E-state index in [1.54, 1.807) is 18.3 Å². The maximum atomic E-state index is 11.6. The number of rotatable bonds is 3. The lowest BCUT2D eigenvalue weighted by atomic mass is 10.4. The van der Waals surface area contributed by atoms with Crippen LogP contribution in [0.4, 0.5) is 0 Å². The van der Waals surface area contributed by atoms with Crippen LogP contribution in [0.5, 0.6) is 5.88 Å². The van der Waals surface area contributed by atoms with Crippen molar-refractivity contribution in [3.63, 3.8) is 0 Å². The van der Waals surface area contributed by atoms with E-state index in [4.69, 9.17) is 4.74 Å². The molecule has 0 saturated carbocycles. The molecule has 0 aliphatic rings. The van der Waals surface area contributed by atoms with Gasteiger partial charge in [0.1, 0.15) is 5.65 Å². The summed E-state index contributed by atoms with van der Waals surface area (Å²) in [4.78, 5) is 15.8.